The molecule has 1 aliphatic carbocycles. The summed E-state index contributed by atoms with van der Waals surface area (Å²) in [6.45, 7) is 3.56. The zero-order valence-corrected chi connectivity index (χ0v) is 12.5. The second-order valence-electron chi connectivity index (χ2n) is 5.07. The van der Waals surface area contributed by atoms with Crippen molar-refractivity contribution < 1.29 is 4.79 Å². The minimum absolute atomic E-state index is 0.0870. The van der Waals surface area contributed by atoms with E-state index in [9.17, 15) is 4.79 Å². The molecule has 1 aliphatic heterocycles. The Bertz CT molecular complexity index is 452. The van der Waals surface area contributed by atoms with Gasteiger partial charge in [0.15, 0.2) is 3.92 Å². The molecule has 0 radical (unpaired) electrons. The summed E-state index contributed by atoms with van der Waals surface area (Å²) in [5.41, 5.74) is 0. The number of halogens is 1. The molecule has 3 atom stereocenters. The van der Waals surface area contributed by atoms with E-state index in [0.717, 1.165) is 22.1 Å². The van der Waals surface area contributed by atoms with Crippen LogP contribution in [-0.2, 0) is 4.79 Å². The highest BCUT2D eigenvalue weighted by molar-refractivity contribution is 9.11. The normalized spacial score (nSPS) is 30.6. The summed E-state index contributed by atoms with van der Waals surface area (Å²) in [5.74, 6) is 1.19. The van der Waals surface area contributed by atoms with Crippen LogP contribution >= 0.6 is 27.3 Å². The molecular formula is C11H15BrN4OS. The first-order valence-electron chi connectivity index (χ1n) is 6.14. The third-order valence-corrected chi connectivity index (χ3v) is 5.28. The molecule has 2 bridgehead atoms. The molecule has 1 unspecified atom stereocenters. The molecule has 2 heterocycles. The number of nitrogens with zero attached hydrogens (tertiary/aromatic N) is 3. The van der Waals surface area contributed by atoms with Crippen molar-refractivity contribution in [1.29, 1.82) is 0 Å². The fourth-order valence-corrected chi connectivity index (χ4v) is 4.28. The van der Waals surface area contributed by atoms with Gasteiger partial charge in [0.1, 0.15) is 0 Å². The van der Waals surface area contributed by atoms with Gasteiger partial charge in [-0.15, -0.1) is 10.2 Å². The van der Waals surface area contributed by atoms with E-state index in [2.05, 4.69) is 36.3 Å². The van der Waals surface area contributed by atoms with Gasteiger partial charge < -0.3 is 10.2 Å². The Labute approximate surface area is 118 Å². The van der Waals surface area contributed by atoms with Crippen LogP contribution < -0.4 is 10.2 Å². The van der Waals surface area contributed by atoms with E-state index in [0.29, 0.717) is 17.9 Å². The van der Waals surface area contributed by atoms with Gasteiger partial charge in [-0.2, -0.15) is 0 Å². The Morgan fingerprint density at radius 1 is 1.39 bits per heavy atom. The van der Waals surface area contributed by atoms with Crippen LogP contribution in [0.15, 0.2) is 3.92 Å². The van der Waals surface area contributed by atoms with E-state index >= 15 is 0 Å². The standard InChI is InChI=1S/C11H15BrN4OS/c1-6(17)13-9-7-2-3-8(9)5-16(4-7)11-15-14-10(12)18-11/h7-9H,2-5H2,1H3,(H,13,17)/t7-,8+,9?. The van der Waals surface area contributed by atoms with Crippen molar-refractivity contribution >= 4 is 38.3 Å². The number of anilines is 1. The van der Waals surface area contributed by atoms with Gasteiger partial charge in [0.2, 0.25) is 11.0 Å². The fraction of sp³-hybridized carbons (Fsp3) is 0.727. The van der Waals surface area contributed by atoms with Crippen molar-refractivity contribution in [3.05, 3.63) is 3.92 Å². The molecule has 0 aromatic carbocycles. The molecule has 18 heavy (non-hydrogen) atoms. The maximum absolute atomic E-state index is 11.2. The molecule has 1 saturated heterocycles. The Morgan fingerprint density at radius 2 is 2.06 bits per heavy atom. The van der Waals surface area contributed by atoms with E-state index in [4.69, 9.17) is 0 Å². The van der Waals surface area contributed by atoms with E-state index < -0.39 is 0 Å². The van der Waals surface area contributed by atoms with Crippen molar-refractivity contribution in [2.45, 2.75) is 25.8 Å². The van der Waals surface area contributed by atoms with Gasteiger partial charge in [-0.1, -0.05) is 11.3 Å². The molecule has 1 N–H and O–H groups in total. The van der Waals surface area contributed by atoms with Gasteiger partial charge in [0.05, 0.1) is 0 Å². The molecule has 1 saturated carbocycles. The molecule has 3 rings (SSSR count). The number of amides is 1. The third-order valence-electron chi connectivity index (χ3n) is 3.86. The molecule has 1 aromatic heterocycles. The molecule has 1 amide bonds. The highest BCUT2D eigenvalue weighted by atomic mass is 79.9. The number of piperidine rings is 1. The SMILES string of the molecule is CC(=O)NC1[C@@H]2CC[C@H]1CN(c1nnc(Br)s1)C2. The van der Waals surface area contributed by atoms with Crippen LogP contribution in [0.3, 0.4) is 0 Å². The Morgan fingerprint density at radius 3 is 2.56 bits per heavy atom. The summed E-state index contributed by atoms with van der Waals surface area (Å²) in [7, 11) is 0. The lowest BCUT2D eigenvalue weighted by Gasteiger charge is -2.37. The predicted octanol–water partition coefficient (Wildman–Crippen LogP) is 1.65. The van der Waals surface area contributed by atoms with Crippen molar-refractivity contribution in [1.82, 2.24) is 15.5 Å². The average molecular weight is 331 g/mol. The maximum atomic E-state index is 11.2. The lowest BCUT2D eigenvalue weighted by atomic mass is 9.92. The van der Waals surface area contributed by atoms with Crippen molar-refractivity contribution in [2.24, 2.45) is 11.8 Å². The van der Waals surface area contributed by atoms with E-state index in [1.165, 1.54) is 12.8 Å². The highest BCUT2D eigenvalue weighted by Gasteiger charge is 2.43. The van der Waals surface area contributed by atoms with Crippen molar-refractivity contribution in [2.75, 3.05) is 18.0 Å². The maximum Gasteiger partial charge on any atom is 0.217 e. The Balaban J connectivity index is 1.73. The summed E-state index contributed by atoms with van der Waals surface area (Å²) in [6, 6.07) is 0.357. The average Bonchev–Trinajstić information content (AvgIpc) is 2.81. The number of nitrogens with one attached hydrogen (secondary N) is 1. The molecule has 0 spiro atoms. The minimum Gasteiger partial charge on any atom is -0.353 e. The highest BCUT2D eigenvalue weighted by Crippen LogP contribution is 2.39. The van der Waals surface area contributed by atoms with Crippen LogP contribution in [0.1, 0.15) is 19.8 Å². The summed E-state index contributed by atoms with van der Waals surface area (Å²) in [5, 5.41) is 12.3. The predicted molar refractivity (Wildman–Crippen MR) is 73.6 cm³/mol. The number of hydrogen-bond donors (Lipinski definition) is 1. The minimum atomic E-state index is 0.0870. The molecular weight excluding hydrogens is 316 g/mol. The molecule has 2 fully saturated rings. The molecule has 98 valence electrons. The van der Waals surface area contributed by atoms with Crippen molar-refractivity contribution in [3.8, 4) is 0 Å². The summed E-state index contributed by atoms with van der Waals surface area (Å²) in [6.07, 6.45) is 2.40. The zero-order chi connectivity index (χ0) is 12.7. The number of rotatable bonds is 2. The van der Waals surface area contributed by atoms with Gasteiger partial charge >= 0.3 is 0 Å². The summed E-state index contributed by atoms with van der Waals surface area (Å²) in [4.78, 5) is 13.5. The molecule has 2 aliphatic rings. The Hall–Kier alpha value is -0.690. The van der Waals surface area contributed by atoms with Crippen LogP contribution in [0.4, 0.5) is 5.13 Å². The first-order valence-corrected chi connectivity index (χ1v) is 7.75. The number of carbonyl (C=O) groups excluding carboxylic acids is 1. The van der Waals surface area contributed by atoms with Gasteiger partial charge in [-0.25, -0.2) is 0 Å². The van der Waals surface area contributed by atoms with Crippen LogP contribution in [0.2, 0.25) is 0 Å². The fourth-order valence-electron chi connectivity index (χ4n) is 3.18. The first kappa shape index (κ1) is 12.3. The largest absolute Gasteiger partial charge is 0.353 e. The van der Waals surface area contributed by atoms with Gasteiger partial charge in [-0.05, 0) is 40.6 Å². The van der Waals surface area contributed by atoms with Gasteiger partial charge in [0, 0.05) is 26.1 Å². The van der Waals surface area contributed by atoms with Crippen LogP contribution in [0.5, 0.6) is 0 Å². The van der Waals surface area contributed by atoms with Gasteiger partial charge in [-0.3, -0.25) is 4.79 Å². The second-order valence-corrected chi connectivity index (χ2v) is 7.30. The topological polar surface area (TPSA) is 58.1 Å². The van der Waals surface area contributed by atoms with Crippen molar-refractivity contribution in [3.63, 3.8) is 0 Å². The Kier molecular flexibility index (Phi) is 3.27. The number of hydrogen-bond acceptors (Lipinski definition) is 5. The number of aromatic nitrogens is 2. The number of fused-ring (bicyclic) bond motifs is 2. The lowest BCUT2D eigenvalue weighted by Crippen LogP contribution is -2.52. The lowest BCUT2D eigenvalue weighted by molar-refractivity contribution is -0.120. The number of carbonyl (C=O) groups is 1. The van der Waals surface area contributed by atoms with Crippen LogP contribution in [-0.4, -0.2) is 35.2 Å². The quantitative estimate of drug-likeness (QED) is 0.895. The summed E-state index contributed by atoms with van der Waals surface area (Å²) >= 11 is 4.92. The van der Waals surface area contributed by atoms with E-state index in [1.54, 1.807) is 18.3 Å². The summed E-state index contributed by atoms with van der Waals surface area (Å²) < 4.78 is 0.828. The second kappa shape index (κ2) is 4.77. The van der Waals surface area contributed by atoms with E-state index in [-0.39, 0.29) is 5.91 Å². The zero-order valence-electron chi connectivity index (χ0n) is 10.1. The first-order chi connectivity index (χ1) is 8.63. The van der Waals surface area contributed by atoms with E-state index in [1.807, 2.05) is 0 Å². The van der Waals surface area contributed by atoms with Crippen LogP contribution in [0, 0.1) is 11.8 Å². The molecule has 7 heteroatoms. The van der Waals surface area contributed by atoms with Gasteiger partial charge in [0.25, 0.3) is 0 Å². The third kappa shape index (κ3) is 2.25. The molecule has 1 aromatic rings. The smallest absolute Gasteiger partial charge is 0.217 e. The van der Waals surface area contributed by atoms with Crippen LogP contribution in [0.25, 0.3) is 0 Å². The monoisotopic (exact) mass is 330 g/mol. The molecule has 5 nitrogen and oxygen atoms in total.